The molecule has 1 aliphatic rings. The smallest absolute Gasteiger partial charge is 0.325 e. The van der Waals surface area contributed by atoms with Crippen molar-refractivity contribution in [2.75, 3.05) is 31.6 Å². The maximum Gasteiger partial charge on any atom is 0.325 e. The lowest BCUT2D eigenvalue weighted by atomic mass is 10.3. The number of hydrogen-bond donors (Lipinski definition) is 1. The van der Waals surface area contributed by atoms with Gasteiger partial charge >= 0.3 is 12.0 Å². The molecule has 1 N–H and O–H groups in total. The molecule has 0 saturated carbocycles. The molecule has 1 heterocycles. The van der Waals surface area contributed by atoms with E-state index in [0.29, 0.717) is 18.8 Å². The summed E-state index contributed by atoms with van der Waals surface area (Å²) in [5.74, 6) is -0.285. The van der Waals surface area contributed by atoms with Crippen LogP contribution >= 0.6 is 0 Å². The first kappa shape index (κ1) is 12.2. The number of rotatable bonds is 4. The van der Waals surface area contributed by atoms with Gasteiger partial charge in [0.05, 0.1) is 7.11 Å². The number of hydrogen-bond acceptors (Lipinski definition) is 3. The van der Waals surface area contributed by atoms with Crippen LogP contribution in [0.25, 0.3) is 0 Å². The molecular formula is C12H14N2O4. The standard InChI is InChI=1S/C12H14N2O4/c1-18-10-4-2-9(3-5-10)14-7-6-13(12(14)17)8-11(15)16/h2-5H,6-8H2,1H3,(H,15,16). The zero-order chi connectivity index (χ0) is 13.1. The zero-order valence-corrected chi connectivity index (χ0v) is 10.00. The Morgan fingerprint density at radius 2 is 2.00 bits per heavy atom. The van der Waals surface area contributed by atoms with E-state index in [1.807, 2.05) is 0 Å². The van der Waals surface area contributed by atoms with E-state index in [4.69, 9.17) is 9.84 Å². The molecule has 1 fully saturated rings. The van der Waals surface area contributed by atoms with Gasteiger partial charge in [-0.2, -0.15) is 0 Å². The summed E-state index contributed by atoms with van der Waals surface area (Å²) in [5.41, 5.74) is 0.744. The maximum atomic E-state index is 12.0. The minimum Gasteiger partial charge on any atom is -0.497 e. The molecule has 1 aliphatic heterocycles. The van der Waals surface area contributed by atoms with Crippen molar-refractivity contribution < 1.29 is 19.4 Å². The Morgan fingerprint density at radius 3 is 2.56 bits per heavy atom. The van der Waals surface area contributed by atoms with Gasteiger partial charge in [0, 0.05) is 18.8 Å². The number of amides is 2. The molecule has 0 unspecified atom stereocenters. The molecule has 0 bridgehead atoms. The van der Waals surface area contributed by atoms with Gasteiger partial charge in [0.1, 0.15) is 12.3 Å². The molecule has 0 aliphatic carbocycles. The first-order valence-electron chi connectivity index (χ1n) is 5.54. The van der Waals surface area contributed by atoms with Crippen molar-refractivity contribution in [1.29, 1.82) is 0 Å². The number of carbonyl (C=O) groups is 2. The van der Waals surface area contributed by atoms with Crippen LogP contribution in [-0.2, 0) is 4.79 Å². The summed E-state index contributed by atoms with van der Waals surface area (Å²) in [7, 11) is 1.57. The number of carboxylic acids is 1. The molecule has 2 amide bonds. The first-order chi connectivity index (χ1) is 8.61. The monoisotopic (exact) mass is 250 g/mol. The Kier molecular flexibility index (Phi) is 3.36. The molecule has 0 radical (unpaired) electrons. The summed E-state index contributed by atoms with van der Waals surface area (Å²) in [6, 6.07) is 6.81. The number of methoxy groups -OCH3 is 1. The van der Waals surface area contributed by atoms with E-state index in [-0.39, 0.29) is 12.6 Å². The largest absolute Gasteiger partial charge is 0.497 e. The number of aliphatic carboxylic acids is 1. The summed E-state index contributed by atoms with van der Waals surface area (Å²) in [6.45, 7) is 0.668. The van der Waals surface area contributed by atoms with Crippen molar-refractivity contribution in [3.8, 4) is 5.75 Å². The third kappa shape index (κ3) is 2.37. The van der Waals surface area contributed by atoms with Crippen LogP contribution in [0.5, 0.6) is 5.75 Å². The van der Waals surface area contributed by atoms with Gasteiger partial charge in [0.2, 0.25) is 0 Å². The van der Waals surface area contributed by atoms with Gasteiger partial charge in [0.15, 0.2) is 0 Å². The predicted octanol–water partition coefficient (Wildman–Crippen LogP) is 1.02. The normalized spacial score (nSPS) is 15.1. The highest BCUT2D eigenvalue weighted by Gasteiger charge is 2.30. The third-order valence-corrected chi connectivity index (χ3v) is 2.81. The number of urea groups is 1. The summed E-state index contributed by atoms with van der Waals surface area (Å²) >= 11 is 0. The Bertz CT molecular complexity index is 458. The minimum atomic E-state index is -1.00. The fraction of sp³-hybridized carbons (Fsp3) is 0.333. The molecule has 0 spiro atoms. The quantitative estimate of drug-likeness (QED) is 0.866. The SMILES string of the molecule is COc1ccc(N2CCN(CC(=O)O)C2=O)cc1. The number of ether oxygens (including phenoxy) is 1. The Morgan fingerprint density at radius 1 is 1.33 bits per heavy atom. The third-order valence-electron chi connectivity index (χ3n) is 2.81. The molecule has 1 aromatic rings. The second-order valence-electron chi connectivity index (χ2n) is 3.95. The minimum absolute atomic E-state index is 0.258. The molecule has 18 heavy (non-hydrogen) atoms. The van der Waals surface area contributed by atoms with Crippen molar-refractivity contribution >= 4 is 17.7 Å². The number of carboxylic acid groups (broad SMARTS) is 1. The Balaban J connectivity index is 2.10. The van der Waals surface area contributed by atoms with Crippen LogP contribution in [0.1, 0.15) is 0 Å². The van der Waals surface area contributed by atoms with Gasteiger partial charge in [-0.15, -0.1) is 0 Å². The van der Waals surface area contributed by atoms with E-state index < -0.39 is 5.97 Å². The van der Waals surface area contributed by atoms with Crippen molar-refractivity contribution in [2.45, 2.75) is 0 Å². The summed E-state index contributed by atoms with van der Waals surface area (Å²) < 4.78 is 5.04. The molecule has 96 valence electrons. The number of anilines is 1. The lowest BCUT2D eigenvalue weighted by molar-refractivity contribution is -0.137. The van der Waals surface area contributed by atoms with E-state index in [2.05, 4.69) is 0 Å². The highest BCUT2D eigenvalue weighted by atomic mass is 16.5. The maximum absolute atomic E-state index is 12.0. The van der Waals surface area contributed by atoms with E-state index in [1.54, 1.807) is 36.3 Å². The Hall–Kier alpha value is -2.24. The molecule has 2 rings (SSSR count). The van der Waals surface area contributed by atoms with Crippen molar-refractivity contribution in [3.05, 3.63) is 24.3 Å². The second-order valence-corrected chi connectivity index (χ2v) is 3.95. The number of benzene rings is 1. The lowest BCUT2D eigenvalue weighted by Crippen LogP contribution is -2.35. The fourth-order valence-corrected chi connectivity index (χ4v) is 1.89. The Labute approximate surface area is 104 Å². The van der Waals surface area contributed by atoms with Crippen LogP contribution in [0, 0.1) is 0 Å². The van der Waals surface area contributed by atoms with Crippen LogP contribution in [0.15, 0.2) is 24.3 Å². The van der Waals surface area contributed by atoms with Crippen LogP contribution in [0.4, 0.5) is 10.5 Å². The van der Waals surface area contributed by atoms with Crippen LogP contribution in [0.3, 0.4) is 0 Å². The topological polar surface area (TPSA) is 70.1 Å². The van der Waals surface area contributed by atoms with Gasteiger partial charge < -0.3 is 14.7 Å². The van der Waals surface area contributed by atoms with Gasteiger partial charge in [-0.3, -0.25) is 9.69 Å². The summed E-state index contributed by atoms with van der Waals surface area (Å²) in [6.07, 6.45) is 0. The van der Waals surface area contributed by atoms with E-state index >= 15 is 0 Å². The first-order valence-corrected chi connectivity index (χ1v) is 5.54. The highest BCUT2D eigenvalue weighted by Crippen LogP contribution is 2.22. The lowest BCUT2D eigenvalue weighted by Gasteiger charge is -2.17. The molecule has 0 aromatic heterocycles. The van der Waals surface area contributed by atoms with E-state index in [0.717, 1.165) is 5.69 Å². The molecular weight excluding hydrogens is 236 g/mol. The average Bonchev–Trinajstić information content (AvgIpc) is 2.71. The van der Waals surface area contributed by atoms with Crippen molar-refractivity contribution in [3.63, 3.8) is 0 Å². The number of nitrogens with zero attached hydrogens (tertiary/aromatic N) is 2. The number of carbonyl (C=O) groups excluding carboxylic acids is 1. The second kappa shape index (κ2) is 4.95. The zero-order valence-electron chi connectivity index (χ0n) is 10.00. The van der Waals surface area contributed by atoms with Gasteiger partial charge in [0.25, 0.3) is 0 Å². The van der Waals surface area contributed by atoms with Crippen molar-refractivity contribution in [2.24, 2.45) is 0 Å². The van der Waals surface area contributed by atoms with Gasteiger partial charge in [-0.05, 0) is 24.3 Å². The fourth-order valence-electron chi connectivity index (χ4n) is 1.89. The molecule has 1 saturated heterocycles. The van der Waals surface area contributed by atoms with Crippen LogP contribution in [0.2, 0.25) is 0 Å². The molecule has 1 aromatic carbocycles. The van der Waals surface area contributed by atoms with Crippen LogP contribution in [-0.4, -0.2) is 48.8 Å². The predicted molar refractivity (Wildman–Crippen MR) is 64.9 cm³/mol. The van der Waals surface area contributed by atoms with Gasteiger partial charge in [-0.25, -0.2) is 4.79 Å². The van der Waals surface area contributed by atoms with E-state index in [1.165, 1.54) is 4.90 Å². The van der Waals surface area contributed by atoms with Crippen molar-refractivity contribution in [1.82, 2.24) is 4.90 Å². The average molecular weight is 250 g/mol. The molecule has 6 heteroatoms. The molecule has 6 nitrogen and oxygen atoms in total. The summed E-state index contributed by atoms with van der Waals surface area (Å²) in [5, 5.41) is 8.69. The highest BCUT2D eigenvalue weighted by molar-refractivity contribution is 5.95. The van der Waals surface area contributed by atoms with Crippen LogP contribution < -0.4 is 9.64 Å². The molecule has 0 atom stereocenters. The summed E-state index contributed by atoms with van der Waals surface area (Å²) in [4.78, 5) is 25.4. The van der Waals surface area contributed by atoms with E-state index in [9.17, 15) is 9.59 Å². The van der Waals surface area contributed by atoms with Gasteiger partial charge in [-0.1, -0.05) is 0 Å².